The summed E-state index contributed by atoms with van der Waals surface area (Å²) in [6.07, 6.45) is 5.14. The van der Waals surface area contributed by atoms with Crippen molar-refractivity contribution in [3.8, 4) is 0 Å². The van der Waals surface area contributed by atoms with E-state index in [0.717, 1.165) is 11.7 Å². The molecule has 1 rings (SSSR count). The minimum absolute atomic E-state index is 0.359. The fourth-order valence-corrected chi connectivity index (χ4v) is 3.08. The third kappa shape index (κ3) is 3.04. The fourth-order valence-electron chi connectivity index (χ4n) is 1.60. The molecule has 2 unspecified atom stereocenters. The van der Waals surface area contributed by atoms with E-state index in [2.05, 4.69) is 18.7 Å². The van der Waals surface area contributed by atoms with Gasteiger partial charge in [0.1, 0.15) is 0 Å². The summed E-state index contributed by atoms with van der Waals surface area (Å²) < 4.78 is 0. The molecule has 1 aliphatic heterocycles. The van der Waals surface area contributed by atoms with E-state index in [-0.39, 0.29) is 0 Å². The molecule has 0 saturated carbocycles. The standard InChI is InChI=1S/C9H18OS/c1-8(5-6-10)9-4-2-3-7-11-9/h8-10H,2-7H2,1H3. The zero-order valence-corrected chi connectivity index (χ0v) is 8.07. The van der Waals surface area contributed by atoms with Gasteiger partial charge in [0.15, 0.2) is 0 Å². The van der Waals surface area contributed by atoms with Crippen molar-refractivity contribution in [2.24, 2.45) is 5.92 Å². The Kier molecular flexibility index (Phi) is 4.31. The van der Waals surface area contributed by atoms with E-state index in [1.165, 1.54) is 25.0 Å². The number of thioether (sulfide) groups is 1. The summed E-state index contributed by atoms with van der Waals surface area (Å²) in [5.74, 6) is 2.05. The number of aliphatic hydroxyl groups is 1. The third-order valence-corrected chi connectivity index (χ3v) is 4.09. The molecular formula is C9H18OS. The second-order valence-electron chi connectivity index (χ2n) is 3.39. The first kappa shape index (κ1) is 9.40. The summed E-state index contributed by atoms with van der Waals surface area (Å²) in [4.78, 5) is 0. The number of hydrogen-bond donors (Lipinski definition) is 1. The molecule has 0 aromatic carbocycles. The highest BCUT2D eigenvalue weighted by molar-refractivity contribution is 7.99. The molecule has 2 atom stereocenters. The lowest BCUT2D eigenvalue weighted by Crippen LogP contribution is -2.19. The van der Waals surface area contributed by atoms with Gasteiger partial charge < -0.3 is 5.11 Å². The molecule has 0 aliphatic carbocycles. The predicted octanol–water partition coefficient (Wildman–Crippen LogP) is 2.29. The summed E-state index contributed by atoms with van der Waals surface area (Å²) in [6.45, 7) is 2.62. The molecule has 1 aliphatic rings. The third-order valence-electron chi connectivity index (χ3n) is 2.43. The highest BCUT2D eigenvalue weighted by Gasteiger charge is 2.19. The second kappa shape index (κ2) is 5.04. The maximum Gasteiger partial charge on any atom is 0.0433 e. The van der Waals surface area contributed by atoms with Crippen LogP contribution in [0.25, 0.3) is 0 Å². The van der Waals surface area contributed by atoms with Gasteiger partial charge in [-0.05, 0) is 30.9 Å². The van der Waals surface area contributed by atoms with E-state index in [9.17, 15) is 0 Å². The predicted molar refractivity (Wildman–Crippen MR) is 51.0 cm³/mol. The van der Waals surface area contributed by atoms with Crippen LogP contribution in [-0.2, 0) is 0 Å². The molecule has 0 amide bonds. The van der Waals surface area contributed by atoms with Crippen molar-refractivity contribution in [3.63, 3.8) is 0 Å². The molecule has 1 N–H and O–H groups in total. The van der Waals surface area contributed by atoms with Crippen LogP contribution >= 0.6 is 11.8 Å². The highest BCUT2D eigenvalue weighted by Crippen LogP contribution is 2.31. The first-order chi connectivity index (χ1) is 5.34. The lowest BCUT2D eigenvalue weighted by atomic mass is 9.99. The van der Waals surface area contributed by atoms with Crippen LogP contribution in [-0.4, -0.2) is 22.7 Å². The Bertz CT molecular complexity index is 99.7. The maximum atomic E-state index is 8.76. The molecule has 1 nitrogen and oxygen atoms in total. The van der Waals surface area contributed by atoms with Crippen molar-refractivity contribution in [1.29, 1.82) is 0 Å². The van der Waals surface area contributed by atoms with Crippen molar-refractivity contribution in [2.45, 2.75) is 37.9 Å². The van der Waals surface area contributed by atoms with Crippen LogP contribution < -0.4 is 0 Å². The van der Waals surface area contributed by atoms with Gasteiger partial charge in [0.2, 0.25) is 0 Å². The average Bonchev–Trinajstić information content (AvgIpc) is 2.07. The van der Waals surface area contributed by atoms with Gasteiger partial charge in [-0.3, -0.25) is 0 Å². The molecule has 2 heteroatoms. The maximum absolute atomic E-state index is 8.76. The molecule has 0 aromatic rings. The molecule has 1 heterocycles. The number of hydrogen-bond acceptors (Lipinski definition) is 2. The SMILES string of the molecule is CC(CCO)C1CCCCS1. The van der Waals surface area contributed by atoms with E-state index in [4.69, 9.17) is 5.11 Å². The highest BCUT2D eigenvalue weighted by atomic mass is 32.2. The van der Waals surface area contributed by atoms with E-state index in [0.29, 0.717) is 12.5 Å². The Morgan fingerprint density at radius 1 is 1.55 bits per heavy atom. The van der Waals surface area contributed by atoms with E-state index >= 15 is 0 Å². The molecule has 11 heavy (non-hydrogen) atoms. The Balaban J connectivity index is 2.21. The zero-order valence-electron chi connectivity index (χ0n) is 7.25. The zero-order chi connectivity index (χ0) is 8.10. The normalized spacial score (nSPS) is 28.4. The Morgan fingerprint density at radius 3 is 2.91 bits per heavy atom. The van der Waals surface area contributed by atoms with Crippen LogP contribution in [0, 0.1) is 5.92 Å². The largest absolute Gasteiger partial charge is 0.396 e. The molecule has 0 bridgehead atoms. The van der Waals surface area contributed by atoms with Gasteiger partial charge in [-0.1, -0.05) is 13.3 Å². The van der Waals surface area contributed by atoms with Crippen LogP contribution in [0.3, 0.4) is 0 Å². The van der Waals surface area contributed by atoms with Gasteiger partial charge in [0, 0.05) is 11.9 Å². The summed E-state index contributed by atoms with van der Waals surface area (Å²) in [5, 5.41) is 9.59. The van der Waals surface area contributed by atoms with Crippen molar-refractivity contribution < 1.29 is 5.11 Å². The monoisotopic (exact) mass is 174 g/mol. The van der Waals surface area contributed by atoms with Gasteiger partial charge in [-0.15, -0.1) is 0 Å². The van der Waals surface area contributed by atoms with Gasteiger partial charge in [-0.25, -0.2) is 0 Å². The summed E-state index contributed by atoms with van der Waals surface area (Å²) >= 11 is 2.10. The average molecular weight is 174 g/mol. The smallest absolute Gasteiger partial charge is 0.0433 e. The molecule has 66 valence electrons. The molecule has 0 radical (unpaired) electrons. The van der Waals surface area contributed by atoms with Crippen molar-refractivity contribution >= 4 is 11.8 Å². The van der Waals surface area contributed by atoms with Crippen molar-refractivity contribution in [2.75, 3.05) is 12.4 Å². The van der Waals surface area contributed by atoms with Crippen LogP contribution in [0.5, 0.6) is 0 Å². The van der Waals surface area contributed by atoms with Gasteiger partial charge >= 0.3 is 0 Å². The first-order valence-electron chi connectivity index (χ1n) is 4.57. The van der Waals surface area contributed by atoms with E-state index in [1.807, 2.05) is 0 Å². The Labute approximate surface area is 73.6 Å². The molecule has 1 saturated heterocycles. The Hall–Kier alpha value is 0.310. The topological polar surface area (TPSA) is 20.2 Å². The molecule has 0 aromatic heterocycles. The van der Waals surface area contributed by atoms with Crippen LogP contribution in [0.15, 0.2) is 0 Å². The lowest BCUT2D eigenvalue weighted by molar-refractivity contribution is 0.258. The van der Waals surface area contributed by atoms with Crippen molar-refractivity contribution in [3.05, 3.63) is 0 Å². The van der Waals surface area contributed by atoms with Crippen molar-refractivity contribution in [1.82, 2.24) is 0 Å². The fraction of sp³-hybridized carbons (Fsp3) is 1.00. The summed E-state index contributed by atoms with van der Waals surface area (Å²) in [6, 6.07) is 0. The summed E-state index contributed by atoms with van der Waals surface area (Å²) in [5.41, 5.74) is 0. The molecule has 0 spiro atoms. The van der Waals surface area contributed by atoms with Crippen LogP contribution in [0.2, 0.25) is 0 Å². The van der Waals surface area contributed by atoms with Gasteiger partial charge in [0.25, 0.3) is 0 Å². The molecular weight excluding hydrogens is 156 g/mol. The minimum Gasteiger partial charge on any atom is -0.396 e. The molecule has 1 fully saturated rings. The Morgan fingerprint density at radius 2 is 2.36 bits per heavy atom. The quantitative estimate of drug-likeness (QED) is 0.708. The van der Waals surface area contributed by atoms with E-state index < -0.39 is 0 Å². The van der Waals surface area contributed by atoms with E-state index in [1.54, 1.807) is 0 Å². The number of rotatable bonds is 3. The second-order valence-corrected chi connectivity index (χ2v) is 4.74. The lowest BCUT2D eigenvalue weighted by Gasteiger charge is -2.26. The van der Waals surface area contributed by atoms with Gasteiger partial charge in [0.05, 0.1) is 0 Å². The summed E-state index contributed by atoms with van der Waals surface area (Å²) in [7, 11) is 0. The minimum atomic E-state index is 0.359. The number of aliphatic hydroxyl groups excluding tert-OH is 1. The first-order valence-corrected chi connectivity index (χ1v) is 5.62. The van der Waals surface area contributed by atoms with Gasteiger partial charge in [-0.2, -0.15) is 11.8 Å². The van der Waals surface area contributed by atoms with Crippen LogP contribution in [0.4, 0.5) is 0 Å². The van der Waals surface area contributed by atoms with Crippen LogP contribution in [0.1, 0.15) is 32.6 Å².